The predicted octanol–water partition coefficient (Wildman–Crippen LogP) is 4.36. The van der Waals surface area contributed by atoms with Gasteiger partial charge in [0.2, 0.25) is 0 Å². The second-order valence-electron chi connectivity index (χ2n) is 5.98. The Labute approximate surface area is 144 Å². The zero-order valence-electron chi connectivity index (χ0n) is 14.0. The lowest BCUT2D eigenvalue weighted by Crippen LogP contribution is -2.27. The normalized spacial score (nSPS) is 10.8. The number of carbonyl (C=O) groups excluding carboxylic acids is 2. The van der Waals surface area contributed by atoms with Gasteiger partial charge in [-0.25, -0.2) is 4.79 Å². The van der Waals surface area contributed by atoms with Crippen LogP contribution in [0, 0.1) is 0 Å². The molecule has 1 aromatic heterocycles. The number of methoxy groups -OCH3 is 1. The number of hydrogen-bond donors (Lipinski definition) is 2. The summed E-state index contributed by atoms with van der Waals surface area (Å²) in [6.45, 7) is 5.32. The number of rotatable bonds is 4. The van der Waals surface area contributed by atoms with Crippen LogP contribution >= 0.6 is 11.3 Å². The number of thiophene rings is 1. The van der Waals surface area contributed by atoms with Crippen molar-refractivity contribution in [1.82, 2.24) is 0 Å². The smallest absolute Gasteiger partial charge is 0.412 e. The van der Waals surface area contributed by atoms with E-state index in [2.05, 4.69) is 10.6 Å². The fraction of sp³-hybridized carbons (Fsp3) is 0.294. The van der Waals surface area contributed by atoms with E-state index in [9.17, 15) is 9.59 Å². The second kappa shape index (κ2) is 7.35. The van der Waals surface area contributed by atoms with Gasteiger partial charge in [0.25, 0.3) is 5.91 Å². The van der Waals surface area contributed by atoms with E-state index in [1.54, 1.807) is 63.6 Å². The lowest BCUT2D eigenvalue weighted by Gasteiger charge is -2.19. The highest BCUT2D eigenvalue weighted by Gasteiger charge is 2.20. The van der Waals surface area contributed by atoms with Gasteiger partial charge in [-0.05, 0) is 44.4 Å². The van der Waals surface area contributed by atoms with Crippen LogP contribution in [-0.2, 0) is 4.74 Å². The van der Waals surface area contributed by atoms with Gasteiger partial charge in [0, 0.05) is 11.8 Å². The van der Waals surface area contributed by atoms with Crippen molar-refractivity contribution >= 4 is 34.7 Å². The zero-order chi connectivity index (χ0) is 17.7. The molecule has 1 heterocycles. The topological polar surface area (TPSA) is 76.7 Å². The van der Waals surface area contributed by atoms with Crippen LogP contribution in [0.2, 0.25) is 0 Å². The van der Waals surface area contributed by atoms with Crippen LogP contribution in [0.5, 0.6) is 5.75 Å². The van der Waals surface area contributed by atoms with Crippen molar-refractivity contribution in [2.24, 2.45) is 0 Å². The van der Waals surface area contributed by atoms with Crippen LogP contribution < -0.4 is 15.4 Å². The van der Waals surface area contributed by atoms with Crippen LogP contribution in [0.15, 0.2) is 35.7 Å². The van der Waals surface area contributed by atoms with Crippen LogP contribution in [0.25, 0.3) is 0 Å². The summed E-state index contributed by atoms with van der Waals surface area (Å²) in [5.74, 6) is 0.329. The maximum atomic E-state index is 12.4. The quantitative estimate of drug-likeness (QED) is 0.861. The highest BCUT2D eigenvalue weighted by molar-refractivity contribution is 7.12. The van der Waals surface area contributed by atoms with E-state index in [0.717, 1.165) is 0 Å². The largest absolute Gasteiger partial charge is 0.497 e. The highest BCUT2D eigenvalue weighted by Crippen LogP contribution is 2.25. The van der Waals surface area contributed by atoms with E-state index >= 15 is 0 Å². The van der Waals surface area contributed by atoms with Crippen molar-refractivity contribution in [2.45, 2.75) is 26.4 Å². The van der Waals surface area contributed by atoms with E-state index < -0.39 is 11.7 Å². The first-order valence-electron chi connectivity index (χ1n) is 7.31. The molecule has 2 aromatic rings. The number of hydrogen-bond acceptors (Lipinski definition) is 5. The molecular weight excluding hydrogens is 328 g/mol. The fourth-order valence-electron chi connectivity index (χ4n) is 1.89. The van der Waals surface area contributed by atoms with E-state index in [1.165, 1.54) is 11.3 Å². The van der Waals surface area contributed by atoms with Crippen molar-refractivity contribution in [1.29, 1.82) is 0 Å². The van der Waals surface area contributed by atoms with E-state index in [-0.39, 0.29) is 5.91 Å². The number of benzene rings is 1. The molecule has 0 aliphatic rings. The molecule has 0 fully saturated rings. The third-order valence-electron chi connectivity index (χ3n) is 2.83. The minimum Gasteiger partial charge on any atom is -0.497 e. The number of anilines is 2. The summed E-state index contributed by atoms with van der Waals surface area (Å²) in [6, 6.07) is 8.70. The van der Waals surface area contributed by atoms with Crippen molar-refractivity contribution in [3.63, 3.8) is 0 Å². The van der Waals surface area contributed by atoms with Crippen molar-refractivity contribution in [3.8, 4) is 5.75 Å². The summed E-state index contributed by atoms with van der Waals surface area (Å²) in [7, 11) is 1.56. The van der Waals surface area contributed by atoms with Crippen molar-refractivity contribution < 1.29 is 19.1 Å². The van der Waals surface area contributed by atoms with Crippen LogP contribution in [-0.4, -0.2) is 24.7 Å². The van der Waals surface area contributed by atoms with Gasteiger partial charge in [0.05, 0.1) is 12.8 Å². The third-order valence-corrected chi connectivity index (χ3v) is 3.75. The third kappa shape index (κ3) is 4.99. The van der Waals surface area contributed by atoms with Gasteiger partial charge in [0.1, 0.15) is 16.2 Å². The molecule has 0 atom stereocenters. The molecule has 1 aromatic carbocycles. The maximum absolute atomic E-state index is 12.4. The average molecular weight is 348 g/mol. The molecule has 0 unspecified atom stereocenters. The first-order valence-corrected chi connectivity index (χ1v) is 8.19. The minimum absolute atomic E-state index is 0.315. The lowest BCUT2D eigenvalue weighted by atomic mass is 10.2. The van der Waals surface area contributed by atoms with Crippen LogP contribution in [0.4, 0.5) is 16.2 Å². The predicted molar refractivity (Wildman–Crippen MR) is 95.1 cm³/mol. The number of carbonyl (C=O) groups is 2. The number of ether oxygens (including phenoxy) is 2. The molecule has 6 nitrogen and oxygen atoms in total. The molecule has 7 heteroatoms. The Bertz CT molecular complexity index is 734. The molecule has 0 bridgehead atoms. The van der Waals surface area contributed by atoms with Gasteiger partial charge in [-0.3, -0.25) is 10.1 Å². The Hall–Kier alpha value is -2.54. The first-order chi connectivity index (χ1) is 11.3. The molecule has 0 aliphatic carbocycles. The lowest BCUT2D eigenvalue weighted by molar-refractivity contribution is 0.0636. The fourth-order valence-corrected chi connectivity index (χ4v) is 2.63. The Balaban J connectivity index is 2.08. The Morgan fingerprint density at radius 3 is 2.54 bits per heavy atom. The van der Waals surface area contributed by atoms with Gasteiger partial charge < -0.3 is 14.8 Å². The molecule has 2 N–H and O–H groups in total. The minimum atomic E-state index is -0.608. The summed E-state index contributed by atoms with van der Waals surface area (Å²) in [5.41, 5.74) is 0.411. The molecule has 0 aliphatic heterocycles. The first kappa shape index (κ1) is 17.8. The Kier molecular flexibility index (Phi) is 5.46. The molecule has 0 radical (unpaired) electrons. The number of nitrogens with one attached hydrogen (secondary N) is 2. The van der Waals surface area contributed by atoms with Gasteiger partial charge in [-0.15, -0.1) is 11.3 Å². The van der Waals surface area contributed by atoms with Gasteiger partial charge >= 0.3 is 6.09 Å². The van der Waals surface area contributed by atoms with Gasteiger partial charge in [-0.2, -0.15) is 0 Å². The second-order valence-corrected chi connectivity index (χ2v) is 6.89. The van der Waals surface area contributed by atoms with E-state index in [4.69, 9.17) is 9.47 Å². The molecule has 128 valence electrons. The SMILES string of the molecule is COc1cccc(NC(=O)c2sccc2NC(=O)OC(C)(C)C)c1. The molecular formula is C17H20N2O4S. The molecule has 0 saturated heterocycles. The van der Waals surface area contributed by atoms with Crippen LogP contribution in [0.1, 0.15) is 30.4 Å². The summed E-state index contributed by atoms with van der Waals surface area (Å²) in [4.78, 5) is 24.7. The Morgan fingerprint density at radius 1 is 1.12 bits per heavy atom. The summed E-state index contributed by atoms with van der Waals surface area (Å²) < 4.78 is 10.3. The van der Waals surface area contributed by atoms with Gasteiger partial charge in [-0.1, -0.05) is 6.07 Å². The summed E-state index contributed by atoms with van der Waals surface area (Å²) >= 11 is 1.23. The van der Waals surface area contributed by atoms with Crippen LogP contribution in [0.3, 0.4) is 0 Å². The standard InChI is InChI=1S/C17H20N2O4S/c1-17(2,3)23-16(21)19-13-8-9-24-14(13)15(20)18-11-6-5-7-12(10-11)22-4/h5-10H,1-4H3,(H,18,20)(H,19,21). The molecule has 24 heavy (non-hydrogen) atoms. The van der Waals surface area contributed by atoms with Crippen molar-refractivity contribution in [3.05, 3.63) is 40.6 Å². The van der Waals surface area contributed by atoms with E-state index in [1.807, 2.05) is 0 Å². The Morgan fingerprint density at radius 2 is 1.88 bits per heavy atom. The van der Waals surface area contributed by atoms with E-state index in [0.29, 0.717) is 22.0 Å². The zero-order valence-corrected chi connectivity index (χ0v) is 14.8. The molecule has 0 saturated carbocycles. The van der Waals surface area contributed by atoms with Gasteiger partial charge in [0.15, 0.2) is 0 Å². The molecule has 0 spiro atoms. The monoisotopic (exact) mass is 348 g/mol. The molecule has 2 amide bonds. The summed E-state index contributed by atoms with van der Waals surface area (Å²) in [6.07, 6.45) is -0.601. The molecule has 2 rings (SSSR count). The van der Waals surface area contributed by atoms with Crippen molar-refractivity contribution in [2.75, 3.05) is 17.7 Å². The number of amides is 2. The summed E-state index contributed by atoms with van der Waals surface area (Å²) in [5, 5.41) is 7.11. The average Bonchev–Trinajstić information content (AvgIpc) is 2.93. The highest BCUT2D eigenvalue weighted by atomic mass is 32.1. The maximum Gasteiger partial charge on any atom is 0.412 e.